The van der Waals surface area contributed by atoms with Gasteiger partial charge in [0.15, 0.2) is 11.5 Å². The Bertz CT molecular complexity index is 885. The smallest absolute Gasteiger partial charge is 0.274 e. The van der Waals surface area contributed by atoms with Gasteiger partial charge in [-0.3, -0.25) is 4.79 Å². The van der Waals surface area contributed by atoms with E-state index in [1.54, 1.807) is 11.6 Å². The van der Waals surface area contributed by atoms with Crippen molar-refractivity contribution in [1.82, 2.24) is 35.0 Å². The van der Waals surface area contributed by atoms with Gasteiger partial charge in [-0.2, -0.15) is 5.10 Å². The Morgan fingerprint density at radius 1 is 1.36 bits per heavy atom. The third kappa shape index (κ3) is 3.32. The lowest BCUT2D eigenvalue weighted by atomic mass is 10.2. The van der Waals surface area contributed by atoms with Crippen LogP contribution in [0.25, 0.3) is 11.6 Å². The van der Waals surface area contributed by atoms with Crippen LogP contribution in [0.2, 0.25) is 0 Å². The van der Waals surface area contributed by atoms with Crippen LogP contribution in [0.3, 0.4) is 0 Å². The fourth-order valence-electron chi connectivity index (χ4n) is 2.32. The highest BCUT2D eigenvalue weighted by Gasteiger charge is 2.19. The van der Waals surface area contributed by atoms with Gasteiger partial charge < -0.3 is 15.5 Å². The summed E-state index contributed by atoms with van der Waals surface area (Å²) >= 11 is 0. The minimum Gasteiger partial charge on any atom is -0.443 e. The van der Waals surface area contributed by atoms with Crippen LogP contribution in [0, 0.1) is 6.92 Å². The van der Waals surface area contributed by atoms with Gasteiger partial charge >= 0.3 is 0 Å². The van der Waals surface area contributed by atoms with Gasteiger partial charge in [-0.1, -0.05) is 0 Å². The Labute approximate surface area is 143 Å². The normalized spacial score (nSPS) is 11.0. The van der Waals surface area contributed by atoms with Crippen molar-refractivity contribution < 1.29 is 9.21 Å². The van der Waals surface area contributed by atoms with Gasteiger partial charge in [0.1, 0.15) is 24.1 Å². The predicted octanol–water partition coefficient (Wildman–Crippen LogP) is 1.12. The molecular weight excluding hydrogens is 324 g/mol. The molecule has 0 aliphatic rings. The second kappa shape index (κ2) is 6.67. The number of carbonyl (C=O) groups excluding carboxylic acids is 1. The topological polar surface area (TPSA) is 138 Å². The third-order valence-corrected chi connectivity index (χ3v) is 3.49. The molecule has 3 aromatic heterocycles. The summed E-state index contributed by atoms with van der Waals surface area (Å²) in [5.74, 6) is 0.503. The lowest BCUT2D eigenvalue weighted by Crippen LogP contribution is -2.27. The number of rotatable bonds is 5. The van der Waals surface area contributed by atoms with Crippen molar-refractivity contribution in [3.8, 4) is 11.6 Å². The number of aryl methyl sites for hydroxylation is 1. The summed E-state index contributed by atoms with van der Waals surface area (Å²) in [6.45, 7) is 5.87. The van der Waals surface area contributed by atoms with Crippen LogP contribution < -0.4 is 11.1 Å². The molecule has 10 nitrogen and oxygen atoms in total. The van der Waals surface area contributed by atoms with Gasteiger partial charge in [-0.25, -0.2) is 24.6 Å². The molecule has 0 spiro atoms. The molecule has 10 heteroatoms. The molecule has 3 N–H and O–H groups in total. The van der Waals surface area contributed by atoms with Crippen LogP contribution in [0.5, 0.6) is 0 Å². The number of nitrogens with zero attached hydrogens (tertiary/aromatic N) is 6. The summed E-state index contributed by atoms with van der Waals surface area (Å²) in [5, 5.41) is 6.86. The number of hydrogen-bond donors (Lipinski definition) is 2. The van der Waals surface area contributed by atoms with Crippen molar-refractivity contribution in [2.75, 3.05) is 5.73 Å². The van der Waals surface area contributed by atoms with Gasteiger partial charge in [0.2, 0.25) is 5.89 Å². The highest BCUT2D eigenvalue weighted by atomic mass is 16.3. The molecule has 0 saturated heterocycles. The van der Waals surface area contributed by atoms with E-state index in [0.717, 1.165) is 0 Å². The molecule has 3 rings (SSSR count). The Balaban J connectivity index is 1.78. The van der Waals surface area contributed by atoms with E-state index in [-0.39, 0.29) is 24.1 Å². The second-order valence-corrected chi connectivity index (χ2v) is 5.63. The van der Waals surface area contributed by atoms with Crippen molar-refractivity contribution in [2.24, 2.45) is 0 Å². The number of amides is 1. The number of nitrogen functional groups attached to an aromatic ring is 1. The van der Waals surface area contributed by atoms with E-state index in [9.17, 15) is 4.79 Å². The molecular formula is C15H18N8O2. The van der Waals surface area contributed by atoms with Crippen LogP contribution >= 0.6 is 0 Å². The zero-order valence-corrected chi connectivity index (χ0v) is 14.1. The molecule has 3 aromatic rings. The summed E-state index contributed by atoms with van der Waals surface area (Å²) in [6.07, 6.45) is 4.38. The molecule has 0 unspecified atom stereocenters. The van der Waals surface area contributed by atoms with Gasteiger partial charge in [0, 0.05) is 6.04 Å². The maximum absolute atomic E-state index is 12.4. The first kappa shape index (κ1) is 16.6. The average molecular weight is 342 g/mol. The third-order valence-electron chi connectivity index (χ3n) is 3.49. The van der Waals surface area contributed by atoms with Crippen molar-refractivity contribution >= 4 is 11.7 Å². The summed E-state index contributed by atoms with van der Waals surface area (Å²) in [7, 11) is 0. The van der Waals surface area contributed by atoms with E-state index in [1.807, 2.05) is 13.8 Å². The van der Waals surface area contributed by atoms with Crippen molar-refractivity contribution in [1.29, 1.82) is 0 Å². The molecule has 0 aliphatic carbocycles. The molecule has 130 valence electrons. The first-order chi connectivity index (χ1) is 12.0. The number of nitrogens with two attached hydrogens (primary N) is 1. The minimum atomic E-state index is -0.439. The number of aromatic nitrogens is 6. The largest absolute Gasteiger partial charge is 0.443 e. The number of nitrogens with one attached hydrogen (secondary N) is 1. The zero-order chi connectivity index (χ0) is 18.0. The lowest BCUT2D eigenvalue weighted by Gasteiger charge is -2.11. The minimum absolute atomic E-state index is 0.00151. The SMILES string of the molecule is Cc1nc(C(=O)NCc2ncnn2C(C)C)c(N)nc1-c1ncco1. The van der Waals surface area contributed by atoms with E-state index < -0.39 is 5.91 Å². The van der Waals surface area contributed by atoms with Crippen LogP contribution in [0.15, 0.2) is 23.2 Å². The van der Waals surface area contributed by atoms with Gasteiger partial charge in [0.05, 0.1) is 18.4 Å². The quantitative estimate of drug-likeness (QED) is 0.703. The van der Waals surface area contributed by atoms with Crippen LogP contribution in [-0.2, 0) is 6.54 Å². The van der Waals surface area contributed by atoms with E-state index in [4.69, 9.17) is 10.2 Å². The highest BCUT2D eigenvalue weighted by Crippen LogP contribution is 2.20. The lowest BCUT2D eigenvalue weighted by molar-refractivity contribution is 0.0944. The van der Waals surface area contributed by atoms with Crippen LogP contribution in [0.4, 0.5) is 5.82 Å². The highest BCUT2D eigenvalue weighted by molar-refractivity contribution is 5.96. The first-order valence-corrected chi connectivity index (χ1v) is 7.68. The van der Waals surface area contributed by atoms with E-state index in [2.05, 4.69) is 30.4 Å². The second-order valence-electron chi connectivity index (χ2n) is 5.63. The molecule has 1 amide bonds. The molecule has 0 aromatic carbocycles. The first-order valence-electron chi connectivity index (χ1n) is 7.68. The molecule has 0 bridgehead atoms. The monoisotopic (exact) mass is 342 g/mol. The average Bonchev–Trinajstić information content (AvgIpc) is 3.25. The fourth-order valence-corrected chi connectivity index (χ4v) is 2.32. The molecule has 0 radical (unpaired) electrons. The van der Waals surface area contributed by atoms with Gasteiger partial charge in [0.25, 0.3) is 5.91 Å². The predicted molar refractivity (Wildman–Crippen MR) is 88.3 cm³/mol. The summed E-state index contributed by atoms with van der Waals surface area (Å²) in [5.41, 5.74) is 6.83. The Kier molecular flexibility index (Phi) is 4.42. The Morgan fingerprint density at radius 2 is 2.16 bits per heavy atom. The van der Waals surface area contributed by atoms with Crippen LogP contribution in [0.1, 0.15) is 41.9 Å². The molecule has 0 saturated carbocycles. The summed E-state index contributed by atoms with van der Waals surface area (Å²) < 4.78 is 6.93. The van der Waals surface area contributed by atoms with Crippen molar-refractivity contribution in [2.45, 2.75) is 33.4 Å². The molecule has 0 aliphatic heterocycles. The van der Waals surface area contributed by atoms with Crippen LogP contribution in [-0.4, -0.2) is 35.6 Å². The standard InChI is InChI=1S/C15H18N8O2/c1-8(2)23-10(19-7-20-23)6-18-14(24)12-13(16)22-11(9(3)21-12)15-17-4-5-25-15/h4-5,7-8H,6H2,1-3H3,(H2,16,22)(H,18,24). The number of carbonyl (C=O) groups is 1. The zero-order valence-electron chi connectivity index (χ0n) is 14.1. The van der Waals surface area contributed by atoms with E-state index >= 15 is 0 Å². The van der Waals surface area contributed by atoms with Gasteiger partial charge in [-0.15, -0.1) is 0 Å². The molecule has 3 heterocycles. The Hall–Kier alpha value is -3.30. The van der Waals surface area contributed by atoms with Crippen molar-refractivity contribution in [3.63, 3.8) is 0 Å². The van der Waals surface area contributed by atoms with Gasteiger partial charge in [-0.05, 0) is 20.8 Å². The molecule has 25 heavy (non-hydrogen) atoms. The number of anilines is 1. The summed E-state index contributed by atoms with van der Waals surface area (Å²) in [4.78, 5) is 29.0. The van der Waals surface area contributed by atoms with E-state index in [0.29, 0.717) is 23.1 Å². The number of hydrogen-bond acceptors (Lipinski definition) is 8. The maximum Gasteiger partial charge on any atom is 0.274 e. The van der Waals surface area contributed by atoms with E-state index in [1.165, 1.54) is 18.8 Å². The maximum atomic E-state index is 12.4. The fraction of sp³-hybridized carbons (Fsp3) is 0.333. The summed E-state index contributed by atoms with van der Waals surface area (Å²) in [6, 6.07) is 0.140. The number of oxazole rings is 1. The van der Waals surface area contributed by atoms with Crippen molar-refractivity contribution in [3.05, 3.63) is 36.0 Å². The Morgan fingerprint density at radius 3 is 2.84 bits per heavy atom. The molecule has 0 atom stereocenters. The molecule has 0 fully saturated rings.